The fraction of sp³-hybridized carbons (Fsp3) is 0.533. The fourth-order valence-electron chi connectivity index (χ4n) is 2.15. The molecule has 0 bridgehead atoms. The molecule has 0 fully saturated rings. The Labute approximate surface area is 115 Å². The van der Waals surface area contributed by atoms with Gasteiger partial charge >= 0.3 is 5.97 Å². The van der Waals surface area contributed by atoms with Crippen molar-refractivity contribution in [3.63, 3.8) is 0 Å². The molecule has 2 unspecified atom stereocenters. The SMILES string of the molecule is CNC(CC(N)C(=O)O)c1cc(C(C)C)ccc1C. The molecule has 0 saturated carbocycles. The molecule has 2 atom stereocenters. The number of aliphatic carboxylic acids is 1. The number of nitrogens with one attached hydrogen (secondary N) is 1. The Morgan fingerprint density at radius 2 is 2.05 bits per heavy atom. The molecular formula is C15H24N2O2. The minimum Gasteiger partial charge on any atom is -0.480 e. The topological polar surface area (TPSA) is 75.3 Å². The van der Waals surface area contributed by atoms with E-state index >= 15 is 0 Å². The van der Waals surface area contributed by atoms with Gasteiger partial charge in [-0.05, 0) is 43.0 Å². The van der Waals surface area contributed by atoms with Crippen LogP contribution in [0.2, 0.25) is 0 Å². The lowest BCUT2D eigenvalue weighted by atomic mass is 9.91. The molecule has 0 spiro atoms. The summed E-state index contributed by atoms with van der Waals surface area (Å²) in [5.41, 5.74) is 9.18. The van der Waals surface area contributed by atoms with Crippen molar-refractivity contribution in [1.82, 2.24) is 5.32 Å². The maximum atomic E-state index is 10.9. The Morgan fingerprint density at radius 3 is 2.53 bits per heavy atom. The second-order valence-electron chi connectivity index (χ2n) is 5.29. The summed E-state index contributed by atoms with van der Waals surface area (Å²) in [7, 11) is 1.83. The normalized spacial score (nSPS) is 14.4. The summed E-state index contributed by atoms with van der Waals surface area (Å²) < 4.78 is 0. The summed E-state index contributed by atoms with van der Waals surface area (Å²) in [6.45, 7) is 6.33. The van der Waals surface area contributed by atoms with Crippen molar-refractivity contribution in [1.29, 1.82) is 0 Å². The van der Waals surface area contributed by atoms with Crippen LogP contribution in [0.5, 0.6) is 0 Å². The summed E-state index contributed by atoms with van der Waals surface area (Å²) in [6.07, 6.45) is 0.383. The summed E-state index contributed by atoms with van der Waals surface area (Å²) in [4.78, 5) is 10.9. The number of aryl methyl sites for hydroxylation is 1. The molecule has 4 nitrogen and oxygen atoms in total. The zero-order valence-electron chi connectivity index (χ0n) is 12.1. The quantitative estimate of drug-likeness (QED) is 0.736. The van der Waals surface area contributed by atoms with Crippen LogP contribution in [-0.2, 0) is 4.79 Å². The molecule has 1 aromatic rings. The van der Waals surface area contributed by atoms with Gasteiger partial charge < -0.3 is 16.2 Å². The van der Waals surface area contributed by atoms with E-state index in [1.165, 1.54) is 5.56 Å². The first-order valence-corrected chi connectivity index (χ1v) is 6.62. The van der Waals surface area contributed by atoms with Crippen LogP contribution in [0.15, 0.2) is 18.2 Å². The van der Waals surface area contributed by atoms with Crippen LogP contribution in [-0.4, -0.2) is 24.2 Å². The Hall–Kier alpha value is -1.39. The smallest absolute Gasteiger partial charge is 0.320 e. The van der Waals surface area contributed by atoms with Gasteiger partial charge in [0.15, 0.2) is 0 Å². The first-order chi connectivity index (χ1) is 8.86. The monoisotopic (exact) mass is 264 g/mol. The molecule has 0 heterocycles. The number of hydrogen-bond donors (Lipinski definition) is 3. The molecule has 0 aliphatic rings. The average molecular weight is 264 g/mol. The van der Waals surface area contributed by atoms with Crippen molar-refractivity contribution in [2.45, 2.75) is 45.2 Å². The Bertz CT molecular complexity index is 444. The van der Waals surface area contributed by atoms with E-state index in [9.17, 15) is 4.79 Å². The van der Waals surface area contributed by atoms with E-state index in [4.69, 9.17) is 10.8 Å². The maximum absolute atomic E-state index is 10.9. The number of hydrogen-bond acceptors (Lipinski definition) is 3. The zero-order chi connectivity index (χ0) is 14.6. The van der Waals surface area contributed by atoms with Gasteiger partial charge in [-0.15, -0.1) is 0 Å². The van der Waals surface area contributed by atoms with E-state index in [-0.39, 0.29) is 6.04 Å². The third-order valence-corrected chi connectivity index (χ3v) is 3.50. The number of carbonyl (C=O) groups is 1. The molecule has 0 aliphatic carbocycles. The zero-order valence-corrected chi connectivity index (χ0v) is 12.1. The first-order valence-electron chi connectivity index (χ1n) is 6.62. The molecule has 19 heavy (non-hydrogen) atoms. The van der Waals surface area contributed by atoms with Crippen molar-refractivity contribution < 1.29 is 9.90 Å². The number of benzene rings is 1. The molecule has 0 saturated heterocycles. The van der Waals surface area contributed by atoms with Gasteiger partial charge in [0.1, 0.15) is 6.04 Å². The van der Waals surface area contributed by atoms with Gasteiger partial charge in [-0.25, -0.2) is 0 Å². The van der Waals surface area contributed by atoms with Crippen LogP contribution < -0.4 is 11.1 Å². The minimum absolute atomic E-state index is 0.0372. The predicted octanol–water partition coefficient (Wildman–Crippen LogP) is 2.18. The largest absolute Gasteiger partial charge is 0.480 e. The lowest BCUT2D eigenvalue weighted by Crippen LogP contribution is -2.35. The van der Waals surface area contributed by atoms with Crippen LogP contribution in [0.4, 0.5) is 0 Å². The second-order valence-corrected chi connectivity index (χ2v) is 5.29. The van der Waals surface area contributed by atoms with Crippen LogP contribution in [0.3, 0.4) is 0 Å². The predicted molar refractivity (Wildman–Crippen MR) is 77.3 cm³/mol. The van der Waals surface area contributed by atoms with Gasteiger partial charge in [-0.2, -0.15) is 0 Å². The minimum atomic E-state index is -0.960. The van der Waals surface area contributed by atoms with E-state index < -0.39 is 12.0 Å². The van der Waals surface area contributed by atoms with Gasteiger partial charge in [-0.1, -0.05) is 32.0 Å². The average Bonchev–Trinajstić information content (AvgIpc) is 2.36. The molecule has 106 valence electrons. The Kier molecular flexibility index (Phi) is 5.51. The van der Waals surface area contributed by atoms with E-state index in [0.29, 0.717) is 12.3 Å². The van der Waals surface area contributed by atoms with E-state index in [2.05, 4.69) is 37.4 Å². The lowest BCUT2D eigenvalue weighted by Gasteiger charge is -2.22. The highest BCUT2D eigenvalue weighted by molar-refractivity contribution is 5.73. The fourth-order valence-corrected chi connectivity index (χ4v) is 2.15. The highest BCUT2D eigenvalue weighted by Gasteiger charge is 2.20. The highest BCUT2D eigenvalue weighted by Crippen LogP contribution is 2.25. The molecule has 4 heteroatoms. The summed E-state index contributed by atoms with van der Waals surface area (Å²) in [6, 6.07) is 5.47. The highest BCUT2D eigenvalue weighted by atomic mass is 16.4. The molecule has 1 rings (SSSR count). The summed E-state index contributed by atoms with van der Waals surface area (Å²) >= 11 is 0. The van der Waals surface area contributed by atoms with Crippen LogP contribution in [0, 0.1) is 6.92 Å². The van der Waals surface area contributed by atoms with Gasteiger partial charge in [0.25, 0.3) is 0 Å². The second kappa shape index (κ2) is 6.68. The summed E-state index contributed by atoms with van der Waals surface area (Å²) in [5, 5.41) is 12.1. The van der Waals surface area contributed by atoms with Crippen molar-refractivity contribution in [3.05, 3.63) is 34.9 Å². The summed E-state index contributed by atoms with van der Waals surface area (Å²) in [5.74, 6) is -0.511. The third-order valence-electron chi connectivity index (χ3n) is 3.50. The Morgan fingerprint density at radius 1 is 1.42 bits per heavy atom. The van der Waals surface area contributed by atoms with Crippen molar-refractivity contribution >= 4 is 5.97 Å². The van der Waals surface area contributed by atoms with Gasteiger partial charge in [0.05, 0.1) is 0 Å². The standard InChI is InChI=1S/C15H24N2O2/c1-9(2)11-6-5-10(3)12(7-11)14(17-4)8-13(16)15(18)19/h5-7,9,13-14,17H,8,16H2,1-4H3,(H,18,19). The lowest BCUT2D eigenvalue weighted by molar-refractivity contribution is -0.138. The van der Waals surface area contributed by atoms with Crippen LogP contribution in [0.1, 0.15) is 48.9 Å². The Balaban J connectivity index is 3.03. The van der Waals surface area contributed by atoms with Crippen LogP contribution in [0.25, 0.3) is 0 Å². The number of nitrogens with two attached hydrogens (primary N) is 1. The molecule has 0 amide bonds. The van der Waals surface area contributed by atoms with Gasteiger partial charge in [0, 0.05) is 6.04 Å². The van der Waals surface area contributed by atoms with Crippen LogP contribution >= 0.6 is 0 Å². The van der Waals surface area contributed by atoms with E-state index in [0.717, 1.165) is 11.1 Å². The molecular weight excluding hydrogens is 240 g/mol. The number of carboxylic acids is 1. The maximum Gasteiger partial charge on any atom is 0.320 e. The van der Waals surface area contributed by atoms with Crippen molar-refractivity contribution in [2.24, 2.45) is 5.73 Å². The van der Waals surface area contributed by atoms with Gasteiger partial charge in [-0.3, -0.25) is 4.79 Å². The molecule has 0 aromatic heterocycles. The molecule has 0 aliphatic heterocycles. The van der Waals surface area contributed by atoms with E-state index in [1.807, 2.05) is 14.0 Å². The van der Waals surface area contributed by atoms with Crippen molar-refractivity contribution in [2.75, 3.05) is 7.05 Å². The van der Waals surface area contributed by atoms with E-state index in [1.54, 1.807) is 0 Å². The first kappa shape index (κ1) is 15.7. The molecule has 0 radical (unpaired) electrons. The molecule has 1 aromatic carbocycles. The molecule has 4 N–H and O–H groups in total. The number of carboxylic acid groups (broad SMARTS) is 1. The third kappa shape index (κ3) is 4.04. The van der Waals surface area contributed by atoms with Crippen molar-refractivity contribution in [3.8, 4) is 0 Å². The number of rotatable bonds is 6. The van der Waals surface area contributed by atoms with Gasteiger partial charge in [0.2, 0.25) is 0 Å².